The van der Waals surface area contributed by atoms with E-state index in [4.69, 9.17) is 12.3 Å². The summed E-state index contributed by atoms with van der Waals surface area (Å²) in [4.78, 5) is 0. The highest BCUT2D eigenvalue weighted by molar-refractivity contribution is 5.66. The fourth-order valence-electron chi connectivity index (χ4n) is 7.28. The highest BCUT2D eigenvalue weighted by atomic mass is 14.5. The average Bonchev–Trinajstić information content (AvgIpc) is 3.29. The minimum atomic E-state index is -0.480. The van der Waals surface area contributed by atoms with Crippen molar-refractivity contribution >= 4 is 17.8 Å². The normalized spacial score (nSPS) is 16.2. The van der Waals surface area contributed by atoms with Crippen LogP contribution in [0.4, 0.5) is 5.69 Å². The van der Waals surface area contributed by atoms with Crippen LogP contribution in [0.15, 0.2) is 243 Å². The summed E-state index contributed by atoms with van der Waals surface area (Å²) in [5.41, 5.74) is 16.6. The van der Waals surface area contributed by atoms with Crippen LogP contribution in [0.1, 0.15) is 34.2 Å². The molecule has 0 fully saturated rings. The van der Waals surface area contributed by atoms with Gasteiger partial charge in [-0.25, -0.2) is 0 Å². The summed E-state index contributed by atoms with van der Waals surface area (Å²) in [6.07, 6.45) is 25.2. The van der Waals surface area contributed by atoms with Crippen LogP contribution >= 0.6 is 0 Å². The fourth-order valence-corrected chi connectivity index (χ4v) is 7.28. The Kier molecular flexibility index (Phi) is 14.0. The minimum absolute atomic E-state index is 0.480. The van der Waals surface area contributed by atoms with Crippen molar-refractivity contribution in [3.8, 4) is 11.1 Å². The van der Waals surface area contributed by atoms with Crippen molar-refractivity contribution < 1.29 is 0 Å². The van der Waals surface area contributed by atoms with Gasteiger partial charge >= 0.3 is 0 Å². The van der Waals surface area contributed by atoms with Crippen LogP contribution < -0.4 is 16.2 Å². The number of allylic oxidation sites excluding steroid dienone is 11. The molecule has 57 heavy (non-hydrogen) atoms. The van der Waals surface area contributed by atoms with Crippen LogP contribution in [0.2, 0.25) is 0 Å². The summed E-state index contributed by atoms with van der Waals surface area (Å²) >= 11 is 0. The molecule has 6 aromatic rings. The van der Waals surface area contributed by atoms with Crippen molar-refractivity contribution in [3.05, 3.63) is 282 Å². The van der Waals surface area contributed by atoms with E-state index in [2.05, 4.69) is 171 Å². The second kappa shape index (κ2) is 20.1. The topological polar surface area (TPSA) is 26.0 Å². The van der Waals surface area contributed by atoms with Gasteiger partial charge in [-0.1, -0.05) is 232 Å². The molecule has 0 saturated heterocycles. The third kappa shape index (κ3) is 10.6. The summed E-state index contributed by atoms with van der Waals surface area (Å²) in [6.45, 7) is 12.7. The van der Waals surface area contributed by atoms with Gasteiger partial charge in [0.1, 0.15) is 0 Å². The van der Waals surface area contributed by atoms with E-state index < -0.39 is 5.41 Å². The molecule has 7 rings (SSSR count). The number of nitrogen functional groups attached to an aromatic ring is 1. The van der Waals surface area contributed by atoms with Gasteiger partial charge in [-0.05, 0) is 91.9 Å². The Labute approximate surface area is 339 Å². The fraction of sp³-hybridized carbons (Fsp3) is 0.0714. The van der Waals surface area contributed by atoms with Gasteiger partial charge in [0.25, 0.3) is 0 Å². The first-order valence-electron chi connectivity index (χ1n) is 19.5. The van der Waals surface area contributed by atoms with Gasteiger partial charge in [0.05, 0.1) is 0 Å². The van der Waals surface area contributed by atoms with E-state index in [-0.39, 0.29) is 0 Å². The number of para-hydroxylation sites is 1. The van der Waals surface area contributed by atoms with Crippen molar-refractivity contribution in [2.45, 2.75) is 24.7 Å². The summed E-state index contributed by atoms with van der Waals surface area (Å²) in [6, 6.07) is 55.7. The second-order valence-corrected chi connectivity index (χ2v) is 14.2. The van der Waals surface area contributed by atoms with Gasteiger partial charge in [-0.2, -0.15) is 0 Å². The van der Waals surface area contributed by atoms with Gasteiger partial charge in [-0.15, -0.1) is 0 Å². The zero-order chi connectivity index (χ0) is 39.7. The van der Waals surface area contributed by atoms with E-state index in [1.807, 2.05) is 60.7 Å². The summed E-state index contributed by atoms with van der Waals surface area (Å²) in [5, 5.41) is 2.43. The Morgan fingerprint density at radius 2 is 1.21 bits per heavy atom. The lowest BCUT2D eigenvalue weighted by Gasteiger charge is -2.37. The summed E-state index contributed by atoms with van der Waals surface area (Å²) in [5.74, 6) is 0. The number of anilines is 1. The van der Waals surface area contributed by atoms with Crippen molar-refractivity contribution in [1.82, 2.24) is 0 Å². The minimum Gasteiger partial charge on any atom is -0.399 e. The largest absolute Gasteiger partial charge is 0.399 e. The zero-order valence-electron chi connectivity index (χ0n) is 32.7. The maximum atomic E-state index is 5.36. The van der Waals surface area contributed by atoms with E-state index >= 15 is 0 Å². The molecule has 0 spiro atoms. The van der Waals surface area contributed by atoms with Crippen LogP contribution in [0.5, 0.6) is 0 Å². The molecule has 1 nitrogen and oxygen atoms in total. The SMILES string of the molecule is C=C/C=C\C=C/C(=C)/C=C\C=C/CC1(c2ccccc2)C(=C)/C=c2/cccc/c2=C/Cc2ccc(Cc3ccc(-c4ccccc4)cc3)cc21.Nc1ccccc1. The monoisotopic (exact) mass is 737 g/mol. The molecular weight excluding hydrogens is 687 g/mol. The van der Waals surface area contributed by atoms with E-state index in [0.29, 0.717) is 0 Å². The van der Waals surface area contributed by atoms with Gasteiger partial charge in [0.2, 0.25) is 0 Å². The predicted molar refractivity (Wildman–Crippen MR) is 247 cm³/mol. The highest BCUT2D eigenvalue weighted by Crippen LogP contribution is 2.45. The van der Waals surface area contributed by atoms with Crippen molar-refractivity contribution in [2.75, 3.05) is 5.73 Å². The molecule has 0 amide bonds. The zero-order valence-corrected chi connectivity index (χ0v) is 32.7. The van der Waals surface area contributed by atoms with E-state index in [9.17, 15) is 0 Å². The number of fused-ring (bicyclic) bond motifs is 2. The summed E-state index contributed by atoms with van der Waals surface area (Å²) in [7, 11) is 0. The average molecular weight is 738 g/mol. The number of hydrogen-bond donors (Lipinski definition) is 1. The third-order valence-corrected chi connectivity index (χ3v) is 10.2. The van der Waals surface area contributed by atoms with Crippen molar-refractivity contribution in [2.24, 2.45) is 0 Å². The molecule has 0 aromatic heterocycles. The van der Waals surface area contributed by atoms with Crippen LogP contribution in [-0.4, -0.2) is 0 Å². The Morgan fingerprint density at radius 3 is 1.88 bits per heavy atom. The molecule has 2 N–H and O–H groups in total. The lowest BCUT2D eigenvalue weighted by atomic mass is 9.65. The highest BCUT2D eigenvalue weighted by Gasteiger charge is 2.37. The number of benzene rings is 6. The smallest absolute Gasteiger partial charge is 0.0483 e. The quantitative estimate of drug-likeness (QED) is 0.104. The van der Waals surface area contributed by atoms with Gasteiger partial charge < -0.3 is 5.73 Å². The molecule has 0 radical (unpaired) electrons. The lowest BCUT2D eigenvalue weighted by molar-refractivity contribution is 0.628. The van der Waals surface area contributed by atoms with Crippen LogP contribution in [0.25, 0.3) is 23.3 Å². The molecule has 0 heterocycles. The lowest BCUT2D eigenvalue weighted by Crippen LogP contribution is -2.32. The number of rotatable bonds is 11. The predicted octanol–water partition coefficient (Wildman–Crippen LogP) is 12.2. The first kappa shape index (κ1) is 39.7. The molecule has 1 aliphatic carbocycles. The molecule has 1 atom stereocenters. The molecule has 6 aromatic carbocycles. The molecule has 280 valence electrons. The first-order valence-corrected chi connectivity index (χ1v) is 19.5. The van der Waals surface area contributed by atoms with Crippen LogP contribution in [0, 0.1) is 0 Å². The van der Waals surface area contributed by atoms with Gasteiger partial charge in [0, 0.05) is 11.1 Å². The number of hydrogen-bond acceptors (Lipinski definition) is 1. The Hall–Kier alpha value is -6.96. The van der Waals surface area contributed by atoms with Gasteiger partial charge in [-0.3, -0.25) is 0 Å². The van der Waals surface area contributed by atoms with E-state index in [1.165, 1.54) is 49.4 Å². The third-order valence-electron chi connectivity index (χ3n) is 10.2. The first-order chi connectivity index (χ1) is 28.0. The maximum Gasteiger partial charge on any atom is 0.0483 e. The summed E-state index contributed by atoms with van der Waals surface area (Å²) < 4.78 is 0. The number of nitrogens with two attached hydrogens (primary N) is 1. The Morgan fingerprint density at radius 1 is 0.614 bits per heavy atom. The maximum absolute atomic E-state index is 5.36. The van der Waals surface area contributed by atoms with Crippen LogP contribution in [-0.2, 0) is 18.3 Å². The van der Waals surface area contributed by atoms with E-state index in [0.717, 1.165) is 36.1 Å². The molecule has 0 aliphatic heterocycles. The molecule has 1 heteroatoms. The molecule has 1 unspecified atom stereocenters. The molecule has 0 bridgehead atoms. The van der Waals surface area contributed by atoms with Crippen molar-refractivity contribution in [1.29, 1.82) is 0 Å². The second-order valence-electron chi connectivity index (χ2n) is 14.2. The Balaban J connectivity index is 0.000000708. The van der Waals surface area contributed by atoms with E-state index in [1.54, 1.807) is 6.08 Å². The van der Waals surface area contributed by atoms with Crippen LogP contribution in [0.3, 0.4) is 0 Å². The van der Waals surface area contributed by atoms with Gasteiger partial charge in [0.15, 0.2) is 0 Å². The molecule has 1 aliphatic rings. The van der Waals surface area contributed by atoms with Crippen molar-refractivity contribution in [3.63, 3.8) is 0 Å². The Bertz CT molecular complexity index is 2510. The molecular formula is C56H51N. The molecule has 0 saturated carbocycles. The standard InChI is InChI=1S/C50H44.C6H7N/c1-4-5-6-10-19-39(2)20-11-9-18-35-50(48-25-14-8-15-26-48)40(3)36-47-24-17-16-23-44(47)33-34-46-32-29-42(38-49(46)50)37-41-27-30-45(31-28-41)43-21-12-7-13-22-43;7-6-4-2-1-3-5-6/h4-33,36,38H,1-3,34-35,37H2;1-5H,7H2/b6-5-,18-9-,19-10-,20-11-,44-33-,47-36-;.